The van der Waals surface area contributed by atoms with Crippen molar-refractivity contribution in [2.24, 2.45) is 0 Å². The lowest BCUT2D eigenvalue weighted by molar-refractivity contribution is 0.0634. The fourth-order valence-electron chi connectivity index (χ4n) is 4.29. The number of ether oxygens (including phenoxy) is 2. The van der Waals surface area contributed by atoms with Crippen LogP contribution in [0.15, 0.2) is 78.9 Å². The third-order valence-corrected chi connectivity index (χ3v) is 6.16. The maximum absolute atomic E-state index is 12.0. The average molecular weight is 548 g/mol. The highest BCUT2D eigenvalue weighted by Crippen LogP contribution is 2.36. The van der Waals surface area contributed by atoms with Crippen molar-refractivity contribution in [2.45, 2.75) is 39.4 Å². The van der Waals surface area contributed by atoms with Crippen LogP contribution in [0, 0.1) is 18.3 Å². The number of amides is 1. The van der Waals surface area contributed by atoms with Gasteiger partial charge in [0.15, 0.2) is 11.9 Å². The molecule has 0 aliphatic heterocycles. The number of benzene rings is 3. The van der Waals surface area contributed by atoms with Gasteiger partial charge >= 0.3 is 6.09 Å². The van der Waals surface area contributed by atoms with Crippen molar-refractivity contribution in [2.75, 3.05) is 5.32 Å². The Balaban J connectivity index is 1.40. The minimum atomic E-state index is -0.626. The van der Waals surface area contributed by atoms with Gasteiger partial charge in [0.25, 0.3) is 0 Å². The van der Waals surface area contributed by atoms with Crippen LogP contribution in [-0.4, -0.2) is 37.1 Å². The number of nitriles is 1. The minimum Gasteiger partial charge on any atom is -0.479 e. The van der Waals surface area contributed by atoms with E-state index < -0.39 is 17.8 Å². The zero-order chi connectivity index (χ0) is 29.0. The largest absolute Gasteiger partial charge is 0.479 e. The number of aromatic nitrogens is 5. The van der Waals surface area contributed by atoms with Gasteiger partial charge < -0.3 is 14.5 Å². The third-order valence-electron chi connectivity index (χ3n) is 6.16. The van der Waals surface area contributed by atoms with Crippen LogP contribution in [0.25, 0.3) is 22.5 Å². The van der Waals surface area contributed by atoms with Gasteiger partial charge in [0.05, 0.1) is 11.4 Å². The van der Waals surface area contributed by atoms with E-state index >= 15 is 0 Å². The average Bonchev–Trinajstić information content (AvgIpc) is 3.57. The SMILES string of the molecule is Cc1n[nH]c(C(Oc2ccccc2-c2ccc(-c3nnc(NC(=O)OC(C)(C)C)[nH]3)cc2)c2ccccc2)c1C#N. The van der Waals surface area contributed by atoms with E-state index in [1.54, 1.807) is 27.7 Å². The predicted octanol–water partition coefficient (Wildman–Crippen LogP) is 6.56. The summed E-state index contributed by atoms with van der Waals surface area (Å²) in [6, 6.07) is 27.4. The quantitative estimate of drug-likeness (QED) is 0.209. The zero-order valence-electron chi connectivity index (χ0n) is 23.1. The lowest BCUT2D eigenvalue weighted by atomic mass is 10.0. The second-order valence-electron chi connectivity index (χ2n) is 10.3. The van der Waals surface area contributed by atoms with Crippen molar-refractivity contribution in [1.82, 2.24) is 25.4 Å². The first kappa shape index (κ1) is 27.1. The molecule has 1 amide bonds. The standard InChI is InChI=1S/C31H29N7O3/c1-19-24(18-32)26(36-35-19)27(21-10-6-5-7-11-21)40-25-13-9-8-12-23(25)20-14-16-22(17-15-20)28-33-29(38-37-28)34-30(39)41-31(2,3)4/h5-17,27H,1-4H3,(H,35,36)(H2,33,34,37,38,39). The molecule has 0 spiro atoms. The molecule has 10 heteroatoms. The Hall–Kier alpha value is -5.43. The number of para-hydroxylation sites is 1. The van der Waals surface area contributed by atoms with Crippen molar-refractivity contribution in [3.8, 4) is 34.3 Å². The van der Waals surface area contributed by atoms with Crippen LogP contribution in [-0.2, 0) is 4.74 Å². The minimum absolute atomic E-state index is 0.190. The normalized spacial score (nSPS) is 11.9. The molecule has 3 N–H and O–H groups in total. The highest BCUT2D eigenvalue weighted by Gasteiger charge is 2.25. The van der Waals surface area contributed by atoms with Gasteiger partial charge in [0.1, 0.15) is 23.0 Å². The van der Waals surface area contributed by atoms with E-state index in [0.717, 1.165) is 22.3 Å². The number of rotatable bonds is 7. The van der Waals surface area contributed by atoms with Crippen molar-refractivity contribution in [1.29, 1.82) is 5.26 Å². The van der Waals surface area contributed by atoms with Gasteiger partial charge in [-0.1, -0.05) is 72.8 Å². The Morgan fingerprint density at radius 3 is 2.34 bits per heavy atom. The number of nitrogens with zero attached hydrogens (tertiary/aromatic N) is 4. The second-order valence-corrected chi connectivity index (χ2v) is 10.3. The fraction of sp³-hybridized carbons (Fsp3) is 0.194. The fourth-order valence-corrected chi connectivity index (χ4v) is 4.29. The number of hydrogen-bond acceptors (Lipinski definition) is 7. The van der Waals surface area contributed by atoms with E-state index in [1.807, 2.05) is 78.9 Å². The molecule has 206 valence electrons. The van der Waals surface area contributed by atoms with Crippen LogP contribution in [0.1, 0.15) is 49.4 Å². The molecule has 5 aromatic rings. The molecule has 2 aromatic heterocycles. The van der Waals surface area contributed by atoms with Gasteiger partial charge in [-0.05, 0) is 44.9 Å². The smallest absolute Gasteiger partial charge is 0.414 e. The summed E-state index contributed by atoms with van der Waals surface area (Å²) >= 11 is 0. The molecule has 0 bridgehead atoms. The summed E-state index contributed by atoms with van der Waals surface area (Å²) in [5.74, 6) is 1.33. The Bertz CT molecular complexity index is 1690. The molecule has 0 radical (unpaired) electrons. The van der Waals surface area contributed by atoms with Crippen LogP contribution in [0.5, 0.6) is 5.75 Å². The molecule has 0 saturated carbocycles. The van der Waals surface area contributed by atoms with Crippen molar-refractivity contribution >= 4 is 12.0 Å². The Morgan fingerprint density at radius 1 is 0.951 bits per heavy atom. The Kier molecular flexibility index (Phi) is 7.52. The maximum atomic E-state index is 12.0. The van der Waals surface area contributed by atoms with E-state index in [9.17, 15) is 10.1 Å². The highest BCUT2D eigenvalue weighted by atomic mass is 16.6. The first-order chi connectivity index (χ1) is 19.7. The van der Waals surface area contributed by atoms with Gasteiger partial charge in [-0.25, -0.2) is 4.79 Å². The molecule has 10 nitrogen and oxygen atoms in total. The lowest BCUT2D eigenvalue weighted by Crippen LogP contribution is -2.27. The lowest BCUT2D eigenvalue weighted by Gasteiger charge is -2.21. The summed E-state index contributed by atoms with van der Waals surface area (Å²) in [6.45, 7) is 7.15. The summed E-state index contributed by atoms with van der Waals surface area (Å²) in [5.41, 5.74) is 4.52. The van der Waals surface area contributed by atoms with E-state index in [1.165, 1.54) is 0 Å². The van der Waals surface area contributed by atoms with Gasteiger partial charge in [-0.2, -0.15) is 10.4 Å². The molecule has 0 fully saturated rings. The molecule has 3 aromatic carbocycles. The molecule has 2 heterocycles. The molecule has 1 unspecified atom stereocenters. The summed E-state index contributed by atoms with van der Waals surface area (Å²) in [6.07, 6.45) is -1.19. The predicted molar refractivity (Wildman–Crippen MR) is 154 cm³/mol. The monoisotopic (exact) mass is 547 g/mol. The van der Waals surface area contributed by atoms with E-state index in [-0.39, 0.29) is 5.95 Å². The molecule has 1 atom stereocenters. The first-order valence-corrected chi connectivity index (χ1v) is 13.0. The number of anilines is 1. The number of nitrogens with one attached hydrogen (secondary N) is 3. The van der Waals surface area contributed by atoms with Crippen LogP contribution in [0.4, 0.5) is 10.7 Å². The molecule has 0 aliphatic carbocycles. The molecule has 0 saturated heterocycles. The van der Waals surface area contributed by atoms with Gasteiger partial charge in [-0.3, -0.25) is 10.4 Å². The van der Waals surface area contributed by atoms with E-state index in [4.69, 9.17) is 9.47 Å². The number of aromatic amines is 2. The third kappa shape index (κ3) is 6.25. The van der Waals surface area contributed by atoms with Crippen molar-refractivity contribution in [3.63, 3.8) is 0 Å². The van der Waals surface area contributed by atoms with Crippen LogP contribution >= 0.6 is 0 Å². The topological polar surface area (TPSA) is 142 Å². The Morgan fingerprint density at radius 2 is 1.63 bits per heavy atom. The summed E-state index contributed by atoms with van der Waals surface area (Å²) in [4.78, 5) is 15.0. The van der Waals surface area contributed by atoms with Gasteiger partial charge in [0, 0.05) is 11.1 Å². The van der Waals surface area contributed by atoms with Crippen molar-refractivity contribution < 1.29 is 14.3 Å². The summed E-state index contributed by atoms with van der Waals surface area (Å²) < 4.78 is 11.9. The molecule has 41 heavy (non-hydrogen) atoms. The maximum Gasteiger partial charge on any atom is 0.414 e. The first-order valence-electron chi connectivity index (χ1n) is 13.0. The number of H-pyrrole nitrogens is 2. The second kappa shape index (κ2) is 11.4. The van der Waals surface area contributed by atoms with E-state index in [0.29, 0.717) is 28.5 Å². The summed E-state index contributed by atoms with van der Waals surface area (Å²) in [7, 11) is 0. The zero-order valence-corrected chi connectivity index (χ0v) is 23.1. The van der Waals surface area contributed by atoms with Crippen molar-refractivity contribution in [3.05, 3.63) is 101 Å². The van der Waals surface area contributed by atoms with Gasteiger partial charge in [-0.15, -0.1) is 10.2 Å². The molecular weight excluding hydrogens is 518 g/mol. The number of carbonyl (C=O) groups is 1. The number of hydrogen-bond donors (Lipinski definition) is 3. The molecular formula is C31H29N7O3. The molecule has 0 aliphatic rings. The van der Waals surface area contributed by atoms with Gasteiger partial charge in [0.2, 0.25) is 5.95 Å². The van der Waals surface area contributed by atoms with E-state index in [2.05, 4.69) is 36.8 Å². The number of carbonyl (C=O) groups excluding carboxylic acids is 1. The summed E-state index contributed by atoms with van der Waals surface area (Å²) in [5, 5.41) is 27.7. The Labute approximate surface area is 237 Å². The van der Waals surface area contributed by atoms with Crippen LogP contribution < -0.4 is 10.1 Å². The number of aryl methyl sites for hydroxylation is 1. The van der Waals surface area contributed by atoms with Crippen LogP contribution in [0.2, 0.25) is 0 Å². The van der Waals surface area contributed by atoms with Crippen LogP contribution in [0.3, 0.4) is 0 Å². The molecule has 5 rings (SSSR count). The highest BCUT2D eigenvalue weighted by molar-refractivity contribution is 5.83.